The molecule has 1 aromatic rings. The molecular formula is C20H26F3NO2S. The van der Waals surface area contributed by atoms with E-state index in [0.717, 1.165) is 37.5 Å². The molecular weight excluding hydrogens is 375 g/mol. The van der Waals surface area contributed by atoms with Crippen LogP contribution in [-0.2, 0) is 22.4 Å². The van der Waals surface area contributed by atoms with Gasteiger partial charge in [-0.25, -0.2) is 8.42 Å². The minimum absolute atomic E-state index is 0.171. The van der Waals surface area contributed by atoms with Crippen molar-refractivity contribution in [3.8, 4) is 0 Å². The minimum Gasteiger partial charge on any atom is -0.260 e. The van der Waals surface area contributed by atoms with E-state index in [2.05, 4.69) is 4.98 Å². The molecule has 0 aliphatic heterocycles. The molecule has 150 valence electrons. The number of hydrogen-bond acceptors (Lipinski definition) is 3. The molecule has 0 radical (unpaired) electrons. The zero-order chi connectivity index (χ0) is 20.0. The maximum absolute atomic E-state index is 12.9. The topological polar surface area (TPSA) is 47.0 Å². The molecule has 1 heterocycles. The monoisotopic (exact) mass is 401 g/mol. The van der Waals surface area contributed by atoms with Crippen LogP contribution in [0.5, 0.6) is 0 Å². The number of aromatic nitrogens is 1. The Morgan fingerprint density at radius 3 is 2.30 bits per heavy atom. The van der Waals surface area contributed by atoms with Crippen molar-refractivity contribution >= 4 is 15.9 Å². The van der Waals surface area contributed by atoms with E-state index < -0.39 is 26.3 Å². The van der Waals surface area contributed by atoms with E-state index in [9.17, 15) is 21.6 Å². The van der Waals surface area contributed by atoms with Gasteiger partial charge in [0.25, 0.3) is 0 Å². The molecule has 1 saturated carbocycles. The molecule has 2 aliphatic carbocycles. The van der Waals surface area contributed by atoms with Crippen LogP contribution in [0, 0.1) is 11.8 Å². The summed E-state index contributed by atoms with van der Waals surface area (Å²) in [6.45, 7) is 5.20. The van der Waals surface area contributed by atoms with Crippen LogP contribution in [0.3, 0.4) is 0 Å². The maximum Gasteiger partial charge on any atom is 0.417 e. The number of alkyl halides is 3. The summed E-state index contributed by atoms with van der Waals surface area (Å²) < 4.78 is 62.7. The van der Waals surface area contributed by atoms with E-state index in [4.69, 9.17) is 0 Å². The van der Waals surface area contributed by atoms with Gasteiger partial charge in [-0.1, -0.05) is 11.6 Å². The normalized spacial score (nSPS) is 23.9. The fraction of sp³-hybridized carbons (Fsp3) is 0.650. The van der Waals surface area contributed by atoms with Gasteiger partial charge in [0.1, 0.15) is 0 Å². The number of pyridine rings is 1. The summed E-state index contributed by atoms with van der Waals surface area (Å²) in [5, 5.41) is 0. The summed E-state index contributed by atoms with van der Waals surface area (Å²) in [4.78, 5) is 4.01. The third-order valence-electron chi connectivity index (χ3n) is 5.80. The second-order valence-corrected chi connectivity index (χ2v) is 11.6. The fourth-order valence-corrected chi connectivity index (χ4v) is 5.36. The quantitative estimate of drug-likeness (QED) is 0.711. The Balaban J connectivity index is 1.64. The molecule has 0 aromatic carbocycles. The Morgan fingerprint density at radius 2 is 1.74 bits per heavy atom. The number of sulfone groups is 1. The Labute approximate surface area is 159 Å². The average molecular weight is 401 g/mol. The molecule has 0 spiro atoms. The van der Waals surface area contributed by atoms with E-state index in [1.807, 2.05) is 6.08 Å². The number of nitrogens with zero attached hydrogens (tertiary/aromatic N) is 1. The summed E-state index contributed by atoms with van der Waals surface area (Å²) in [5.74, 6) is 0.700. The van der Waals surface area contributed by atoms with Crippen LogP contribution in [0.4, 0.5) is 13.2 Å². The first kappa shape index (κ1) is 20.4. The van der Waals surface area contributed by atoms with Crippen LogP contribution in [-0.4, -0.2) is 23.9 Å². The van der Waals surface area contributed by atoms with Crippen LogP contribution in [0.2, 0.25) is 0 Å². The Bertz CT molecular complexity index is 843. The van der Waals surface area contributed by atoms with Crippen molar-refractivity contribution in [3.05, 3.63) is 34.7 Å². The van der Waals surface area contributed by atoms with Crippen molar-refractivity contribution in [2.24, 2.45) is 11.8 Å². The van der Waals surface area contributed by atoms with Gasteiger partial charge in [0.2, 0.25) is 0 Å². The standard InChI is InChI=1S/C20H26F3NO2S/c1-19(2,3)27(25,26)12-13-4-6-14(7-5-13)15-8-16-9-17(20(21,22)23)11-24-18(16)10-15/h8-9,11,13-14H,4-7,10,12H2,1-3H3. The largest absolute Gasteiger partial charge is 0.417 e. The summed E-state index contributed by atoms with van der Waals surface area (Å²) in [5.41, 5.74) is 1.69. The van der Waals surface area contributed by atoms with Gasteiger partial charge in [-0.15, -0.1) is 0 Å². The average Bonchev–Trinajstić information content (AvgIpc) is 2.96. The predicted octanol–water partition coefficient (Wildman–Crippen LogP) is 5.06. The van der Waals surface area contributed by atoms with Gasteiger partial charge in [0.15, 0.2) is 9.84 Å². The van der Waals surface area contributed by atoms with Crippen LogP contribution < -0.4 is 0 Å². The van der Waals surface area contributed by atoms with E-state index in [1.165, 1.54) is 6.07 Å². The van der Waals surface area contributed by atoms with Crippen molar-refractivity contribution in [1.82, 2.24) is 4.98 Å². The molecule has 0 N–H and O–H groups in total. The molecule has 3 rings (SSSR count). The highest BCUT2D eigenvalue weighted by Crippen LogP contribution is 2.40. The van der Waals surface area contributed by atoms with Crippen molar-refractivity contribution in [3.63, 3.8) is 0 Å². The molecule has 0 bridgehead atoms. The van der Waals surface area contributed by atoms with Crippen molar-refractivity contribution in [2.75, 3.05) is 5.75 Å². The van der Waals surface area contributed by atoms with E-state index in [-0.39, 0.29) is 11.7 Å². The SMILES string of the molecule is CC(C)(C)S(=O)(=O)CC1CCC(C2=Cc3cc(C(F)(F)F)cnc3C2)CC1. The minimum atomic E-state index is -4.38. The molecule has 7 heteroatoms. The molecule has 0 atom stereocenters. The lowest BCUT2D eigenvalue weighted by Crippen LogP contribution is -2.34. The number of hydrogen-bond donors (Lipinski definition) is 0. The molecule has 1 aromatic heterocycles. The molecule has 27 heavy (non-hydrogen) atoms. The van der Waals surface area contributed by atoms with Crippen molar-refractivity contribution < 1.29 is 21.6 Å². The lowest BCUT2D eigenvalue weighted by Gasteiger charge is -2.31. The number of fused-ring (bicyclic) bond motifs is 1. The lowest BCUT2D eigenvalue weighted by atomic mass is 9.79. The highest BCUT2D eigenvalue weighted by Gasteiger charge is 2.35. The highest BCUT2D eigenvalue weighted by atomic mass is 32.2. The van der Waals surface area contributed by atoms with Gasteiger partial charge in [-0.3, -0.25) is 4.98 Å². The smallest absolute Gasteiger partial charge is 0.260 e. The van der Waals surface area contributed by atoms with Crippen LogP contribution in [0.15, 0.2) is 17.8 Å². The number of halogens is 3. The predicted molar refractivity (Wildman–Crippen MR) is 99.9 cm³/mol. The Hall–Kier alpha value is -1.37. The molecule has 3 nitrogen and oxygen atoms in total. The number of rotatable bonds is 3. The Morgan fingerprint density at radius 1 is 1.11 bits per heavy atom. The first-order valence-corrected chi connectivity index (χ1v) is 11.0. The third-order valence-corrected chi connectivity index (χ3v) is 8.58. The summed E-state index contributed by atoms with van der Waals surface area (Å²) >= 11 is 0. The van der Waals surface area contributed by atoms with Gasteiger partial charge in [0, 0.05) is 12.6 Å². The molecule has 0 unspecified atom stereocenters. The number of allylic oxidation sites excluding steroid dienone is 1. The third kappa shape index (κ3) is 4.39. The summed E-state index contributed by atoms with van der Waals surface area (Å²) in [6, 6.07) is 1.18. The maximum atomic E-state index is 12.9. The first-order chi connectivity index (χ1) is 12.4. The van der Waals surface area contributed by atoms with Crippen molar-refractivity contribution in [1.29, 1.82) is 0 Å². The van der Waals surface area contributed by atoms with Gasteiger partial charge < -0.3 is 0 Å². The van der Waals surface area contributed by atoms with Gasteiger partial charge in [0.05, 0.1) is 21.8 Å². The van der Waals surface area contributed by atoms with Gasteiger partial charge >= 0.3 is 6.18 Å². The molecule has 1 fully saturated rings. The summed E-state index contributed by atoms with van der Waals surface area (Å²) in [7, 11) is -3.13. The zero-order valence-corrected chi connectivity index (χ0v) is 16.8. The fourth-order valence-electron chi connectivity index (χ4n) is 3.90. The highest BCUT2D eigenvalue weighted by molar-refractivity contribution is 7.92. The molecule has 0 amide bonds. The van der Waals surface area contributed by atoms with Gasteiger partial charge in [-0.05, 0) is 69.9 Å². The van der Waals surface area contributed by atoms with Crippen LogP contribution >= 0.6 is 0 Å². The van der Waals surface area contributed by atoms with E-state index >= 15 is 0 Å². The van der Waals surface area contributed by atoms with E-state index in [0.29, 0.717) is 23.6 Å². The summed E-state index contributed by atoms with van der Waals surface area (Å²) in [6.07, 6.45) is 2.44. The Kier molecular flexibility index (Phi) is 5.21. The molecule has 0 saturated heterocycles. The first-order valence-electron chi connectivity index (χ1n) is 9.36. The molecule has 2 aliphatic rings. The van der Waals surface area contributed by atoms with Crippen LogP contribution in [0.25, 0.3) is 6.08 Å². The second kappa shape index (κ2) is 6.90. The van der Waals surface area contributed by atoms with Crippen LogP contribution in [0.1, 0.15) is 63.3 Å². The van der Waals surface area contributed by atoms with Crippen molar-refractivity contribution in [2.45, 2.75) is 63.8 Å². The van der Waals surface area contributed by atoms with Gasteiger partial charge in [-0.2, -0.15) is 13.2 Å². The zero-order valence-electron chi connectivity index (χ0n) is 15.9. The van der Waals surface area contributed by atoms with E-state index in [1.54, 1.807) is 20.8 Å². The second-order valence-electron chi connectivity index (χ2n) is 8.77. The lowest BCUT2D eigenvalue weighted by molar-refractivity contribution is -0.137.